The van der Waals surface area contributed by atoms with Gasteiger partial charge >= 0.3 is 0 Å². The van der Waals surface area contributed by atoms with Crippen molar-refractivity contribution in [3.63, 3.8) is 0 Å². The highest BCUT2D eigenvalue weighted by atomic mass is 16.2. The Morgan fingerprint density at radius 3 is 2.66 bits per heavy atom. The summed E-state index contributed by atoms with van der Waals surface area (Å²) in [7, 11) is 0. The number of aryl methyl sites for hydroxylation is 1. The molecule has 186 valence electrons. The van der Waals surface area contributed by atoms with Crippen LogP contribution in [-0.4, -0.2) is 44.0 Å². The second kappa shape index (κ2) is 7.13. The Kier molecular flexibility index (Phi) is 3.99. The van der Waals surface area contributed by atoms with Gasteiger partial charge in [0.2, 0.25) is 5.78 Å². The average molecular weight is 502 g/mol. The number of para-hydroxylation sites is 1. The van der Waals surface area contributed by atoms with Crippen LogP contribution in [0.5, 0.6) is 0 Å². The average Bonchev–Trinajstić information content (AvgIpc) is 3.37. The lowest BCUT2D eigenvalue weighted by atomic mass is 9.83. The molecular weight excluding hydrogens is 478 g/mol. The maximum Gasteiger partial charge on any atom is 0.274 e. The maximum atomic E-state index is 13.7. The molecule has 4 N–H and O–H groups in total. The molecule has 2 unspecified atom stereocenters. The molecule has 2 fully saturated rings. The molecule has 1 spiro atoms. The van der Waals surface area contributed by atoms with Crippen molar-refractivity contribution >= 4 is 45.1 Å². The number of hydrogen-bond acceptors (Lipinski definition) is 3. The molecule has 3 aliphatic rings. The standard InChI is InChI=1S/C30H23N5O3/c1-15-13-31-27-24(36)11-25-30(26(15)27)12-18(30)14-35(25)29(38)23-10-17-8-19(6-7-21(17)34-23)32-28(37)22-9-16-4-2-3-5-20(16)33-22/h2-11,13,18,31,33-34H,12,14H2,1H3,(H,32,37). The molecule has 2 aliphatic carbocycles. The van der Waals surface area contributed by atoms with Crippen LogP contribution in [0.4, 0.5) is 5.69 Å². The van der Waals surface area contributed by atoms with Crippen molar-refractivity contribution in [3.8, 4) is 0 Å². The Bertz CT molecular complexity index is 1870. The third-order valence-corrected chi connectivity index (χ3v) is 8.42. The number of nitrogens with one attached hydrogen (secondary N) is 4. The summed E-state index contributed by atoms with van der Waals surface area (Å²) < 4.78 is 0. The first-order valence-corrected chi connectivity index (χ1v) is 12.7. The number of rotatable bonds is 3. The second-order valence-corrected chi connectivity index (χ2v) is 10.6. The first kappa shape index (κ1) is 21.3. The van der Waals surface area contributed by atoms with E-state index in [0.717, 1.165) is 45.1 Å². The van der Waals surface area contributed by atoms with E-state index in [4.69, 9.17) is 0 Å². The number of H-pyrrole nitrogens is 3. The molecule has 1 saturated heterocycles. The van der Waals surface area contributed by atoms with E-state index in [1.54, 1.807) is 11.0 Å². The molecule has 0 bridgehead atoms. The van der Waals surface area contributed by atoms with Crippen molar-refractivity contribution in [1.82, 2.24) is 19.9 Å². The number of benzene rings is 2. The van der Waals surface area contributed by atoms with Crippen LogP contribution in [0.25, 0.3) is 21.8 Å². The summed E-state index contributed by atoms with van der Waals surface area (Å²) in [5, 5.41) is 4.73. The van der Waals surface area contributed by atoms with Crippen LogP contribution in [0.1, 0.15) is 49.0 Å². The van der Waals surface area contributed by atoms with E-state index in [1.807, 2.05) is 67.7 Å². The SMILES string of the molecule is Cc1c[nH]c2c1C13CC1CN(C(=O)c1cc4cc(NC(=O)c5cc6ccccc6[nH]5)ccc4[nH]1)C3=CC2=O. The number of hydrogen-bond donors (Lipinski definition) is 4. The summed E-state index contributed by atoms with van der Waals surface area (Å²) in [6, 6.07) is 16.9. The van der Waals surface area contributed by atoms with Gasteiger partial charge in [0, 0.05) is 57.4 Å². The highest BCUT2D eigenvalue weighted by Crippen LogP contribution is 2.67. The molecule has 8 nitrogen and oxygen atoms in total. The van der Waals surface area contributed by atoms with Gasteiger partial charge in [-0.3, -0.25) is 14.4 Å². The minimum atomic E-state index is -0.234. The van der Waals surface area contributed by atoms with Crippen molar-refractivity contribution in [1.29, 1.82) is 0 Å². The van der Waals surface area contributed by atoms with Gasteiger partial charge in [-0.2, -0.15) is 0 Å². The van der Waals surface area contributed by atoms with Crippen LogP contribution in [0, 0.1) is 12.8 Å². The monoisotopic (exact) mass is 501 g/mol. The molecule has 4 heterocycles. The van der Waals surface area contributed by atoms with Crippen LogP contribution in [0.3, 0.4) is 0 Å². The van der Waals surface area contributed by atoms with Crippen LogP contribution in [-0.2, 0) is 5.41 Å². The molecule has 2 amide bonds. The number of carbonyl (C=O) groups is 3. The van der Waals surface area contributed by atoms with Crippen molar-refractivity contribution in [2.75, 3.05) is 11.9 Å². The second-order valence-electron chi connectivity index (χ2n) is 10.6. The quantitative estimate of drug-likeness (QED) is 0.278. The molecule has 2 aromatic carbocycles. The number of aromatic amines is 3. The molecular formula is C30H23N5O3. The highest BCUT2D eigenvalue weighted by Gasteiger charge is 2.68. The predicted molar refractivity (Wildman–Crippen MR) is 143 cm³/mol. The van der Waals surface area contributed by atoms with E-state index in [9.17, 15) is 14.4 Å². The Balaban J connectivity index is 1.07. The summed E-state index contributed by atoms with van der Waals surface area (Å²) in [5.74, 6) is -0.129. The third kappa shape index (κ3) is 2.77. The van der Waals surface area contributed by atoms with Crippen LogP contribution >= 0.6 is 0 Å². The van der Waals surface area contributed by atoms with Gasteiger partial charge in [-0.05, 0) is 66.8 Å². The fourth-order valence-electron chi connectivity index (χ4n) is 6.61. The molecule has 0 radical (unpaired) electrons. The zero-order chi connectivity index (χ0) is 25.8. The number of anilines is 1. The number of aromatic nitrogens is 3. The highest BCUT2D eigenvalue weighted by molar-refractivity contribution is 6.10. The fraction of sp³-hybridized carbons (Fsp3) is 0.167. The number of amides is 2. The Labute approximate surface area is 216 Å². The van der Waals surface area contributed by atoms with E-state index in [0.29, 0.717) is 35.2 Å². The lowest BCUT2D eigenvalue weighted by Crippen LogP contribution is -2.34. The van der Waals surface area contributed by atoms with Gasteiger partial charge in [0.05, 0.1) is 5.69 Å². The lowest BCUT2D eigenvalue weighted by Gasteiger charge is -2.28. The zero-order valence-corrected chi connectivity index (χ0v) is 20.5. The van der Waals surface area contributed by atoms with Gasteiger partial charge in [-0.15, -0.1) is 0 Å². The largest absolute Gasteiger partial charge is 0.358 e. The molecule has 1 aliphatic heterocycles. The van der Waals surface area contributed by atoms with Gasteiger partial charge in [-0.25, -0.2) is 0 Å². The van der Waals surface area contributed by atoms with Crippen molar-refractivity contribution in [2.24, 2.45) is 5.92 Å². The van der Waals surface area contributed by atoms with E-state index < -0.39 is 0 Å². The Hall–Kier alpha value is -4.85. The van der Waals surface area contributed by atoms with Gasteiger partial charge in [0.25, 0.3) is 11.8 Å². The summed E-state index contributed by atoms with van der Waals surface area (Å²) >= 11 is 0. The first-order chi connectivity index (χ1) is 18.4. The first-order valence-electron chi connectivity index (χ1n) is 12.7. The lowest BCUT2D eigenvalue weighted by molar-refractivity contribution is 0.0806. The topological polar surface area (TPSA) is 114 Å². The van der Waals surface area contributed by atoms with Crippen molar-refractivity contribution < 1.29 is 14.4 Å². The molecule has 8 rings (SSSR count). The van der Waals surface area contributed by atoms with Gasteiger partial charge in [0.15, 0.2) is 0 Å². The van der Waals surface area contributed by atoms with Crippen molar-refractivity contribution in [3.05, 3.63) is 101 Å². The third-order valence-electron chi connectivity index (χ3n) is 8.42. The normalized spacial score (nSPS) is 21.3. The predicted octanol–water partition coefficient (Wildman–Crippen LogP) is 5.03. The Morgan fingerprint density at radius 1 is 1.00 bits per heavy atom. The number of likely N-dealkylation sites (tertiary alicyclic amines) is 1. The molecule has 2 atom stereocenters. The molecule has 38 heavy (non-hydrogen) atoms. The molecule has 3 aromatic heterocycles. The minimum absolute atomic E-state index is 0.0777. The summed E-state index contributed by atoms with van der Waals surface area (Å²) in [6.07, 6.45) is 4.50. The van der Waals surface area contributed by atoms with E-state index in [1.165, 1.54) is 0 Å². The van der Waals surface area contributed by atoms with E-state index in [2.05, 4.69) is 20.3 Å². The molecule has 1 saturated carbocycles. The number of fused-ring (bicyclic) bond motifs is 3. The smallest absolute Gasteiger partial charge is 0.274 e. The maximum absolute atomic E-state index is 13.7. The summed E-state index contributed by atoms with van der Waals surface area (Å²) in [6.45, 7) is 2.62. The Morgan fingerprint density at radius 2 is 1.79 bits per heavy atom. The number of piperidine rings is 1. The van der Waals surface area contributed by atoms with Gasteiger partial charge in [0.1, 0.15) is 11.4 Å². The fourth-order valence-corrected chi connectivity index (χ4v) is 6.61. The van der Waals surface area contributed by atoms with E-state index in [-0.39, 0.29) is 23.0 Å². The van der Waals surface area contributed by atoms with Crippen LogP contribution in [0.2, 0.25) is 0 Å². The minimum Gasteiger partial charge on any atom is -0.358 e. The molecule has 8 heteroatoms. The van der Waals surface area contributed by atoms with Gasteiger partial charge in [-0.1, -0.05) is 18.2 Å². The van der Waals surface area contributed by atoms with Gasteiger partial charge < -0.3 is 25.2 Å². The summed E-state index contributed by atoms with van der Waals surface area (Å²) in [5.41, 5.74) is 6.67. The zero-order valence-electron chi connectivity index (χ0n) is 20.5. The number of nitrogens with zero attached hydrogens (tertiary/aromatic N) is 1. The summed E-state index contributed by atoms with van der Waals surface area (Å²) in [4.78, 5) is 50.6. The van der Waals surface area contributed by atoms with Crippen LogP contribution in [0.15, 0.2) is 72.6 Å². The van der Waals surface area contributed by atoms with Crippen LogP contribution < -0.4 is 5.32 Å². The number of ketones is 1. The van der Waals surface area contributed by atoms with Crippen molar-refractivity contribution in [2.45, 2.75) is 18.8 Å². The molecule has 5 aromatic rings. The van der Waals surface area contributed by atoms with E-state index >= 15 is 0 Å². The number of carbonyl (C=O) groups excluding carboxylic acids is 3. The number of allylic oxidation sites excluding steroid dienone is 2.